The summed E-state index contributed by atoms with van der Waals surface area (Å²) in [6, 6.07) is 99.1. The number of fused-ring (bicyclic) bond motifs is 15. The second-order valence-electron chi connectivity index (χ2n) is 20.0. The Hall–Kier alpha value is -9.32. The summed E-state index contributed by atoms with van der Waals surface area (Å²) in [5.41, 5.74) is 14.1. The summed E-state index contributed by atoms with van der Waals surface area (Å²) in [6.07, 6.45) is 0. The van der Waals surface area contributed by atoms with Crippen LogP contribution in [0.15, 0.2) is 267 Å². The Labute approximate surface area is 446 Å². The molecule has 0 radical (unpaired) electrons. The third-order valence-electron chi connectivity index (χ3n) is 15.8. The molecule has 0 aliphatic heterocycles. The summed E-state index contributed by atoms with van der Waals surface area (Å²) in [6.45, 7) is 0. The maximum absolute atomic E-state index is 2.48. The molecule has 0 fully saturated rings. The van der Waals surface area contributed by atoms with Gasteiger partial charge in [-0.1, -0.05) is 170 Å². The van der Waals surface area contributed by atoms with E-state index in [0.29, 0.717) is 0 Å². The molecule has 0 N–H and O–H groups in total. The Kier molecular flexibility index (Phi) is 9.71. The van der Waals surface area contributed by atoms with Crippen LogP contribution in [0.25, 0.3) is 134 Å². The van der Waals surface area contributed by atoms with Gasteiger partial charge in [0.05, 0.1) is 16.7 Å². The Morgan fingerprint density at radius 3 is 1.32 bits per heavy atom. The quantitative estimate of drug-likeness (QED) is 0.144. The van der Waals surface area contributed by atoms with E-state index in [2.05, 4.69) is 276 Å². The zero-order valence-corrected chi connectivity index (χ0v) is 42.7. The lowest BCUT2D eigenvalue weighted by molar-refractivity contribution is 1.19. The smallest absolute Gasteiger partial charge is 0.0554 e. The number of aromatic nitrogens is 1. The minimum Gasteiger partial charge on any atom is -0.310 e. The highest BCUT2D eigenvalue weighted by Gasteiger charge is 2.20. The number of para-hydroxylation sites is 1. The van der Waals surface area contributed by atoms with Crippen LogP contribution < -0.4 is 4.90 Å². The van der Waals surface area contributed by atoms with Crippen molar-refractivity contribution in [1.29, 1.82) is 0 Å². The van der Waals surface area contributed by atoms with Crippen molar-refractivity contribution >= 4 is 134 Å². The summed E-state index contributed by atoms with van der Waals surface area (Å²) < 4.78 is 7.72. The lowest BCUT2D eigenvalue weighted by atomic mass is 9.94. The van der Waals surface area contributed by atoms with Crippen LogP contribution in [-0.4, -0.2) is 4.57 Å². The lowest BCUT2D eigenvalue weighted by Crippen LogP contribution is -2.10. The van der Waals surface area contributed by atoms with E-state index in [1.807, 2.05) is 22.7 Å². The molecule has 4 heteroatoms. The van der Waals surface area contributed by atoms with E-state index >= 15 is 0 Å². The van der Waals surface area contributed by atoms with E-state index in [9.17, 15) is 0 Å². The molecule has 0 saturated carbocycles. The van der Waals surface area contributed by atoms with Crippen LogP contribution in [0.5, 0.6) is 0 Å². The molecule has 0 aliphatic rings. The Balaban J connectivity index is 0.839. The summed E-state index contributed by atoms with van der Waals surface area (Å²) in [7, 11) is 0. The van der Waals surface area contributed by atoms with Crippen LogP contribution >= 0.6 is 22.7 Å². The van der Waals surface area contributed by atoms with Crippen LogP contribution in [0.4, 0.5) is 17.1 Å². The number of hydrogen-bond donors (Lipinski definition) is 0. The van der Waals surface area contributed by atoms with Gasteiger partial charge in [0.25, 0.3) is 0 Å². The van der Waals surface area contributed by atoms with Gasteiger partial charge in [0, 0.05) is 68.2 Å². The van der Waals surface area contributed by atoms with E-state index in [1.54, 1.807) is 0 Å². The summed E-state index contributed by atoms with van der Waals surface area (Å²) in [4.78, 5) is 2.41. The Morgan fingerprint density at radius 2 is 0.684 bits per heavy atom. The van der Waals surface area contributed by atoms with Crippen LogP contribution in [0.2, 0.25) is 0 Å². The number of nitrogens with zero attached hydrogens (tertiary/aromatic N) is 2. The normalized spacial score (nSPS) is 11.9. The van der Waals surface area contributed by atoms with Crippen molar-refractivity contribution in [3.63, 3.8) is 0 Å². The van der Waals surface area contributed by atoms with Gasteiger partial charge in [-0.2, -0.15) is 0 Å². The summed E-state index contributed by atoms with van der Waals surface area (Å²) >= 11 is 3.72. The molecular formula is C72H44N2S2. The number of thiophene rings is 2. The van der Waals surface area contributed by atoms with Crippen molar-refractivity contribution in [3.8, 4) is 39.1 Å². The fourth-order valence-corrected chi connectivity index (χ4v) is 14.4. The monoisotopic (exact) mass is 1000 g/mol. The van der Waals surface area contributed by atoms with Gasteiger partial charge in [-0.25, -0.2) is 0 Å². The maximum atomic E-state index is 2.48. The van der Waals surface area contributed by atoms with Crippen molar-refractivity contribution < 1.29 is 0 Å². The molecule has 0 spiro atoms. The maximum Gasteiger partial charge on any atom is 0.0554 e. The van der Waals surface area contributed by atoms with Crippen LogP contribution in [0.1, 0.15) is 0 Å². The van der Waals surface area contributed by atoms with Crippen molar-refractivity contribution in [1.82, 2.24) is 4.57 Å². The van der Waals surface area contributed by atoms with Gasteiger partial charge in [0.2, 0.25) is 0 Å². The number of hydrogen-bond acceptors (Lipinski definition) is 3. The molecule has 0 amide bonds. The van der Waals surface area contributed by atoms with Gasteiger partial charge in [-0.05, 0) is 163 Å². The Morgan fingerprint density at radius 1 is 0.250 bits per heavy atom. The SMILES string of the molecule is c1ccc(N(c2ccc(-c3ccc4c(c3)c3cc(-c5ccc(-c6ccc7sc8ccccc8c7c6)cc5)ccc3n4-c3ccc4c5ccccc5c5ccccc5c4c3)cc2)c2cccc3sc4ccccc4c23)cc1. The highest BCUT2D eigenvalue weighted by atomic mass is 32.1. The first-order valence-electron chi connectivity index (χ1n) is 26.0. The van der Waals surface area contributed by atoms with E-state index < -0.39 is 0 Å². The molecule has 0 atom stereocenters. The topological polar surface area (TPSA) is 8.17 Å². The Bertz CT molecular complexity index is 4950. The van der Waals surface area contributed by atoms with Crippen molar-refractivity contribution in [2.75, 3.05) is 4.90 Å². The molecule has 16 aromatic rings. The first kappa shape index (κ1) is 43.1. The predicted octanol–water partition coefficient (Wildman–Crippen LogP) is 21.4. The van der Waals surface area contributed by atoms with Crippen LogP contribution in [-0.2, 0) is 0 Å². The third kappa shape index (κ3) is 6.78. The van der Waals surface area contributed by atoms with E-state index in [4.69, 9.17) is 0 Å². The van der Waals surface area contributed by atoms with Crippen LogP contribution in [0, 0.1) is 0 Å². The third-order valence-corrected chi connectivity index (χ3v) is 18.1. The minimum absolute atomic E-state index is 1.11. The van der Waals surface area contributed by atoms with Crippen LogP contribution in [0.3, 0.4) is 0 Å². The molecule has 76 heavy (non-hydrogen) atoms. The highest BCUT2D eigenvalue weighted by Crippen LogP contribution is 2.46. The van der Waals surface area contributed by atoms with E-state index in [1.165, 1.54) is 134 Å². The molecule has 0 aliphatic carbocycles. The van der Waals surface area contributed by atoms with Crippen molar-refractivity contribution in [2.24, 2.45) is 0 Å². The standard InChI is InChI=1S/C72H44N2S2/c1-2-13-51(14-3-1)73(67-21-12-24-71-72(67)60-20-9-11-23-69(60)76-71)52-34-29-47(30-35-52)49-32-39-66-63(42-49)62-41-48(45-25-27-46(28-26-45)50-33-40-70-64(43-50)59-19-8-10-22-68(59)75-70)31-38-65(62)74(66)53-36-37-58-56-17-5-4-15-54(56)55-16-6-7-18-57(55)61(58)44-53/h1-44H. The number of rotatable bonds is 7. The zero-order valence-electron chi connectivity index (χ0n) is 41.1. The van der Waals surface area contributed by atoms with Gasteiger partial charge in [-0.3, -0.25) is 0 Å². The molecule has 0 unspecified atom stereocenters. The molecule has 13 aromatic carbocycles. The number of benzene rings is 13. The summed E-state index contributed by atoms with van der Waals surface area (Å²) in [5, 5.41) is 15.3. The first-order valence-corrected chi connectivity index (χ1v) is 27.6. The molecule has 3 heterocycles. The molecule has 0 bridgehead atoms. The van der Waals surface area contributed by atoms with Gasteiger partial charge in [-0.15, -0.1) is 22.7 Å². The lowest BCUT2D eigenvalue weighted by Gasteiger charge is -2.26. The van der Waals surface area contributed by atoms with Crippen molar-refractivity contribution in [3.05, 3.63) is 267 Å². The highest BCUT2D eigenvalue weighted by molar-refractivity contribution is 7.26. The summed E-state index contributed by atoms with van der Waals surface area (Å²) in [5.74, 6) is 0. The predicted molar refractivity (Wildman–Crippen MR) is 330 cm³/mol. The van der Waals surface area contributed by atoms with E-state index in [-0.39, 0.29) is 0 Å². The van der Waals surface area contributed by atoms with Gasteiger partial charge < -0.3 is 9.47 Å². The molecule has 0 saturated heterocycles. The molecule has 16 rings (SSSR count). The second kappa shape index (κ2) is 17.1. The van der Waals surface area contributed by atoms with Crippen molar-refractivity contribution in [2.45, 2.75) is 0 Å². The minimum atomic E-state index is 1.11. The molecule has 3 aromatic heterocycles. The molecule has 354 valence electrons. The molecular weight excluding hydrogens is 957 g/mol. The average molecular weight is 1000 g/mol. The van der Waals surface area contributed by atoms with Gasteiger partial charge in [0.1, 0.15) is 0 Å². The molecule has 2 nitrogen and oxygen atoms in total. The number of anilines is 3. The zero-order chi connectivity index (χ0) is 49.8. The van der Waals surface area contributed by atoms with Gasteiger partial charge in [0.15, 0.2) is 0 Å². The first-order chi connectivity index (χ1) is 37.7. The van der Waals surface area contributed by atoms with Gasteiger partial charge >= 0.3 is 0 Å². The van der Waals surface area contributed by atoms with E-state index in [0.717, 1.165) is 17.1 Å². The largest absolute Gasteiger partial charge is 0.310 e. The fraction of sp³-hybridized carbons (Fsp3) is 0. The fourth-order valence-electron chi connectivity index (χ4n) is 12.2. The second-order valence-corrected chi connectivity index (χ2v) is 22.1. The average Bonchev–Trinajstić information content (AvgIpc) is 4.28.